The van der Waals surface area contributed by atoms with Gasteiger partial charge in [0.15, 0.2) is 0 Å². The Labute approximate surface area is 333 Å². The average Bonchev–Trinajstić information content (AvgIpc) is 4.00. The Morgan fingerprint density at radius 3 is 0.793 bits per heavy atom. The third-order valence-corrected chi connectivity index (χ3v) is 12.3. The van der Waals surface area contributed by atoms with Crippen molar-refractivity contribution in [1.82, 2.24) is 18.3 Å². The second-order valence-corrected chi connectivity index (χ2v) is 15.4. The lowest BCUT2D eigenvalue weighted by Crippen LogP contribution is -1.99. The molecule has 4 heteroatoms. The molecular weight excluding hydrogens is 705 g/mol. The molecular formula is C54H34N4. The molecule has 13 rings (SSSR count). The number of nitrogens with zero attached hydrogens (tertiary/aromatic N) is 4. The molecule has 0 N–H and O–H groups in total. The molecule has 0 saturated carbocycles. The van der Waals surface area contributed by atoms with Crippen LogP contribution < -0.4 is 0 Å². The number of hydrogen-bond acceptors (Lipinski definition) is 0. The van der Waals surface area contributed by atoms with Crippen LogP contribution in [-0.4, -0.2) is 18.3 Å². The van der Waals surface area contributed by atoms with E-state index in [2.05, 4.69) is 225 Å². The monoisotopic (exact) mass is 738 g/mol. The van der Waals surface area contributed by atoms with Crippen LogP contribution in [-0.2, 0) is 0 Å². The number of para-hydroxylation sites is 6. The molecule has 0 aliphatic carbocycles. The van der Waals surface area contributed by atoms with Gasteiger partial charge in [0.2, 0.25) is 0 Å². The molecule has 4 heterocycles. The predicted octanol–water partition coefficient (Wildman–Crippen LogP) is 14.1. The third kappa shape index (κ3) is 4.29. The van der Waals surface area contributed by atoms with Gasteiger partial charge in [-0.15, -0.1) is 0 Å². The SMILES string of the molecule is c1ccc(-n2c3ccccc3c3cc4c5ccccc5n(-c5cccc(-n6c7ccccc7c7cc8c9ccccc9n(-c9ccccc9)c8cc76)c5)c4cc32)cc1. The van der Waals surface area contributed by atoms with Crippen LogP contribution in [0.25, 0.3) is 110 Å². The summed E-state index contributed by atoms with van der Waals surface area (Å²) in [5, 5.41) is 10.0. The van der Waals surface area contributed by atoms with Gasteiger partial charge in [-0.2, -0.15) is 0 Å². The van der Waals surface area contributed by atoms with Crippen LogP contribution in [0.3, 0.4) is 0 Å². The zero-order chi connectivity index (χ0) is 37.9. The Kier molecular flexibility index (Phi) is 6.41. The molecule has 58 heavy (non-hydrogen) atoms. The highest BCUT2D eigenvalue weighted by Gasteiger charge is 2.21. The van der Waals surface area contributed by atoms with Crippen LogP contribution in [0.15, 0.2) is 206 Å². The van der Waals surface area contributed by atoms with E-state index in [0.29, 0.717) is 0 Å². The van der Waals surface area contributed by atoms with Gasteiger partial charge in [-0.25, -0.2) is 0 Å². The van der Waals surface area contributed by atoms with E-state index in [4.69, 9.17) is 0 Å². The van der Waals surface area contributed by atoms with Crippen molar-refractivity contribution < 1.29 is 0 Å². The van der Waals surface area contributed by atoms with Gasteiger partial charge in [0, 0.05) is 65.8 Å². The average molecular weight is 739 g/mol. The molecule has 270 valence electrons. The number of fused-ring (bicyclic) bond motifs is 12. The minimum absolute atomic E-state index is 1.12. The molecule has 0 bridgehead atoms. The zero-order valence-corrected chi connectivity index (χ0v) is 31.4. The Balaban J connectivity index is 1.10. The molecule has 0 amide bonds. The summed E-state index contributed by atoms with van der Waals surface area (Å²) < 4.78 is 9.74. The zero-order valence-electron chi connectivity index (χ0n) is 31.4. The van der Waals surface area contributed by atoms with Gasteiger partial charge in [0.1, 0.15) is 0 Å². The highest BCUT2D eigenvalue weighted by molar-refractivity contribution is 6.21. The maximum atomic E-state index is 2.46. The lowest BCUT2D eigenvalue weighted by Gasteiger charge is -2.13. The summed E-state index contributed by atoms with van der Waals surface area (Å²) >= 11 is 0. The highest BCUT2D eigenvalue weighted by Crippen LogP contribution is 2.42. The largest absolute Gasteiger partial charge is 0.309 e. The molecule has 0 unspecified atom stereocenters. The quantitative estimate of drug-likeness (QED) is 0.171. The van der Waals surface area contributed by atoms with Crippen LogP contribution in [0.4, 0.5) is 0 Å². The van der Waals surface area contributed by atoms with Crippen molar-refractivity contribution in [2.45, 2.75) is 0 Å². The summed E-state index contributed by atoms with van der Waals surface area (Å²) in [4.78, 5) is 0. The number of hydrogen-bond donors (Lipinski definition) is 0. The Bertz CT molecular complexity index is 3540. The number of benzene rings is 9. The summed E-state index contributed by atoms with van der Waals surface area (Å²) in [5.41, 5.74) is 14.1. The van der Waals surface area contributed by atoms with Crippen molar-refractivity contribution in [3.8, 4) is 22.7 Å². The number of aromatic nitrogens is 4. The van der Waals surface area contributed by atoms with Crippen molar-refractivity contribution in [3.63, 3.8) is 0 Å². The molecule has 0 radical (unpaired) electrons. The van der Waals surface area contributed by atoms with E-state index >= 15 is 0 Å². The maximum Gasteiger partial charge on any atom is 0.0562 e. The first-order valence-corrected chi connectivity index (χ1v) is 19.9. The Hall–Kier alpha value is -7.82. The molecule has 0 spiro atoms. The summed E-state index contributed by atoms with van der Waals surface area (Å²) in [6, 6.07) is 75.5. The van der Waals surface area contributed by atoms with Gasteiger partial charge >= 0.3 is 0 Å². The smallest absolute Gasteiger partial charge is 0.0562 e. The standard InChI is InChI=1S/C54H34N4/c1-3-16-35(17-4-1)55-47-26-11-7-22-39(47)43-31-45-41-24-9-13-28-49(41)57(53(45)33-51(43)55)37-20-15-21-38(30-37)58-50-29-14-10-25-42(50)46-32-44-40-23-8-12-27-48(40)56(52(44)34-54(46)58)36-18-5-2-6-19-36/h1-34H. The fraction of sp³-hybridized carbons (Fsp3) is 0. The van der Waals surface area contributed by atoms with Gasteiger partial charge in [-0.3, -0.25) is 0 Å². The maximum absolute atomic E-state index is 2.46. The first-order valence-electron chi connectivity index (χ1n) is 19.9. The fourth-order valence-electron chi connectivity index (χ4n) is 9.90. The van der Waals surface area contributed by atoms with E-state index < -0.39 is 0 Å². The second-order valence-electron chi connectivity index (χ2n) is 15.4. The van der Waals surface area contributed by atoms with Gasteiger partial charge in [-0.1, -0.05) is 115 Å². The highest BCUT2D eigenvalue weighted by atomic mass is 15.0. The van der Waals surface area contributed by atoms with Crippen LogP contribution in [0.1, 0.15) is 0 Å². The van der Waals surface area contributed by atoms with Gasteiger partial charge in [0.25, 0.3) is 0 Å². The van der Waals surface area contributed by atoms with Gasteiger partial charge in [-0.05, 0) is 91.0 Å². The molecule has 9 aromatic carbocycles. The second kappa shape index (κ2) is 11.8. The third-order valence-electron chi connectivity index (χ3n) is 12.3. The first kappa shape index (κ1) is 31.4. The van der Waals surface area contributed by atoms with E-state index in [9.17, 15) is 0 Å². The van der Waals surface area contributed by atoms with Crippen LogP contribution in [0, 0.1) is 0 Å². The molecule has 13 aromatic rings. The van der Waals surface area contributed by atoms with Crippen LogP contribution >= 0.6 is 0 Å². The molecule has 0 saturated heterocycles. The summed E-state index contributed by atoms with van der Waals surface area (Å²) in [5.74, 6) is 0. The van der Waals surface area contributed by atoms with Gasteiger partial charge < -0.3 is 18.3 Å². The van der Waals surface area contributed by atoms with E-state index in [-0.39, 0.29) is 0 Å². The van der Waals surface area contributed by atoms with Crippen LogP contribution in [0.2, 0.25) is 0 Å². The van der Waals surface area contributed by atoms with Crippen molar-refractivity contribution >= 4 is 87.2 Å². The van der Waals surface area contributed by atoms with Crippen molar-refractivity contribution in [3.05, 3.63) is 206 Å². The first-order chi connectivity index (χ1) is 28.8. The number of rotatable bonds is 4. The molecule has 0 aliphatic heterocycles. The Morgan fingerprint density at radius 2 is 0.448 bits per heavy atom. The predicted molar refractivity (Wildman–Crippen MR) is 244 cm³/mol. The topological polar surface area (TPSA) is 19.7 Å². The lowest BCUT2D eigenvalue weighted by molar-refractivity contribution is 1.13. The van der Waals surface area contributed by atoms with Gasteiger partial charge in [0.05, 0.1) is 44.1 Å². The lowest BCUT2D eigenvalue weighted by atomic mass is 10.1. The Morgan fingerprint density at radius 1 is 0.172 bits per heavy atom. The fourth-order valence-corrected chi connectivity index (χ4v) is 9.90. The van der Waals surface area contributed by atoms with Crippen LogP contribution in [0.5, 0.6) is 0 Å². The molecule has 0 aliphatic rings. The van der Waals surface area contributed by atoms with Crippen molar-refractivity contribution in [2.24, 2.45) is 0 Å². The van der Waals surface area contributed by atoms with E-state index in [1.165, 1.54) is 87.2 Å². The van der Waals surface area contributed by atoms with E-state index in [0.717, 1.165) is 22.7 Å². The summed E-state index contributed by atoms with van der Waals surface area (Å²) in [7, 11) is 0. The molecule has 4 nitrogen and oxygen atoms in total. The van der Waals surface area contributed by atoms with E-state index in [1.807, 2.05) is 0 Å². The molecule has 4 aromatic heterocycles. The molecule has 0 fully saturated rings. The van der Waals surface area contributed by atoms with Crippen molar-refractivity contribution in [1.29, 1.82) is 0 Å². The van der Waals surface area contributed by atoms with E-state index in [1.54, 1.807) is 0 Å². The van der Waals surface area contributed by atoms with Crippen molar-refractivity contribution in [2.75, 3.05) is 0 Å². The molecule has 0 atom stereocenters. The normalized spacial score (nSPS) is 12.1. The minimum Gasteiger partial charge on any atom is -0.309 e. The summed E-state index contributed by atoms with van der Waals surface area (Å²) in [6.45, 7) is 0. The summed E-state index contributed by atoms with van der Waals surface area (Å²) in [6.07, 6.45) is 0. The minimum atomic E-state index is 1.12.